The van der Waals surface area contributed by atoms with Crippen molar-refractivity contribution < 1.29 is 27.2 Å². The predicted molar refractivity (Wildman–Crippen MR) is 108 cm³/mol. The minimum atomic E-state index is -4.40. The Kier molecular flexibility index (Phi) is 6.38. The maximum absolute atomic E-state index is 13.2. The first-order valence-electron chi connectivity index (χ1n) is 10.6. The third-order valence-electron chi connectivity index (χ3n) is 5.92. The second-order valence-corrected chi connectivity index (χ2v) is 8.32. The van der Waals surface area contributed by atoms with E-state index in [1.54, 1.807) is 16.7 Å². The Hall–Kier alpha value is -2.66. The SMILES string of the molecule is CC(N)c1nc(C2CC(c3ccc(C(F)(F)F)cc3)CN(C(=O)N3CCOCC3)C2)no1. The molecule has 8 nitrogen and oxygen atoms in total. The molecule has 2 N–H and O–H groups in total. The molecule has 1 aromatic carbocycles. The van der Waals surface area contributed by atoms with Crippen LogP contribution in [0.3, 0.4) is 0 Å². The first kappa shape index (κ1) is 22.5. The van der Waals surface area contributed by atoms with Gasteiger partial charge in [0.15, 0.2) is 5.82 Å². The van der Waals surface area contributed by atoms with Crippen LogP contribution in [0.5, 0.6) is 0 Å². The lowest BCUT2D eigenvalue weighted by Crippen LogP contribution is -2.52. The zero-order valence-corrected chi connectivity index (χ0v) is 17.7. The fraction of sp³-hybridized carbons (Fsp3) is 0.571. The molecule has 2 saturated heterocycles. The number of alkyl halides is 3. The number of benzene rings is 1. The van der Waals surface area contributed by atoms with E-state index in [-0.39, 0.29) is 17.9 Å². The maximum atomic E-state index is 13.2. The number of rotatable bonds is 3. The molecule has 3 unspecified atom stereocenters. The van der Waals surface area contributed by atoms with Crippen molar-refractivity contribution in [2.24, 2.45) is 5.73 Å². The summed E-state index contributed by atoms with van der Waals surface area (Å²) in [7, 11) is 0. The summed E-state index contributed by atoms with van der Waals surface area (Å²) in [6.45, 7) is 4.49. The van der Waals surface area contributed by atoms with Crippen LogP contribution in [-0.2, 0) is 10.9 Å². The van der Waals surface area contributed by atoms with Gasteiger partial charge in [-0.2, -0.15) is 18.2 Å². The number of carbonyl (C=O) groups is 1. The van der Waals surface area contributed by atoms with Gasteiger partial charge in [-0.1, -0.05) is 17.3 Å². The molecule has 4 rings (SSSR count). The molecular weight excluding hydrogens is 427 g/mol. The molecular formula is C21H26F3N5O3. The minimum absolute atomic E-state index is 0.120. The van der Waals surface area contributed by atoms with Gasteiger partial charge in [-0.25, -0.2) is 4.79 Å². The number of likely N-dealkylation sites (tertiary alicyclic amines) is 1. The summed E-state index contributed by atoms with van der Waals surface area (Å²) in [5.74, 6) is 0.368. The number of halogens is 3. The number of piperidine rings is 1. The van der Waals surface area contributed by atoms with E-state index in [1.165, 1.54) is 12.1 Å². The highest BCUT2D eigenvalue weighted by Crippen LogP contribution is 2.37. The number of aromatic nitrogens is 2. The number of hydrogen-bond donors (Lipinski definition) is 1. The molecule has 0 aliphatic carbocycles. The molecule has 0 spiro atoms. The van der Waals surface area contributed by atoms with E-state index < -0.39 is 17.8 Å². The summed E-state index contributed by atoms with van der Waals surface area (Å²) >= 11 is 0. The molecule has 0 bridgehead atoms. The number of ether oxygens (including phenoxy) is 1. The van der Waals surface area contributed by atoms with Crippen LogP contribution in [0.25, 0.3) is 0 Å². The van der Waals surface area contributed by atoms with E-state index in [2.05, 4.69) is 10.1 Å². The molecule has 2 fully saturated rings. The Morgan fingerprint density at radius 3 is 2.38 bits per heavy atom. The maximum Gasteiger partial charge on any atom is 0.416 e. The number of nitrogens with two attached hydrogens (primary N) is 1. The smallest absolute Gasteiger partial charge is 0.378 e. The van der Waals surface area contributed by atoms with Gasteiger partial charge in [0.2, 0.25) is 5.89 Å². The van der Waals surface area contributed by atoms with E-state index in [9.17, 15) is 18.0 Å². The summed E-state index contributed by atoms with van der Waals surface area (Å²) in [5.41, 5.74) is 5.86. The van der Waals surface area contributed by atoms with Gasteiger partial charge in [0.25, 0.3) is 0 Å². The fourth-order valence-electron chi connectivity index (χ4n) is 4.18. The van der Waals surface area contributed by atoms with Crippen LogP contribution < -0.4 is 5.73 Å². The normalized spacial score (nSPS) is 23.3. The van der Waals surface area contributed by atoms with Gasteiger partial charge in [-0.05, 0) is 31.0 Å². The van der Waals surface area contributed by atoms with Crippen LogP contribution in [0.2, 0.25) is 0 Å². The number of carbonyl (C=O) groups excluding carboxylic acids is 1. The highest BCUT2D eigenvalue weighted by atomic mass is 19.4. The molecule has 3 atom stereocenters. The van der Waals surface area contributed by atoms with Gasteiger partial charge in [0.05, 0.1) is 24.8 Å². The number of nitrogens with zero attached hydrogens (tertiary/aromatic N) is 4. The summed E-state index contributed by atoms with van der Waals surface area (Å²) < 4.78 is 49.5. The predicted octanol–water partition coefficient (Wildman–Crippen LogP) is 3.13. The van der Waals surface area contributed by atoms with E-state index in [0.717, 1.165) is 17.7 Å². The van der Waals surface area contributed by atoms with Crippen LogP contribution in [-0.4, -0.2) is 65.4 Å². The lowest BCUT2D eigenvalue weighted by Gasteiger charge is -2.40. The molecule has 32 heavy (non-hydrogen) atoms. The van der Waals surface area contributed by atoms with E-state index in [4.69, 9.17) is 15.0 Å². The lowest BCUT2D eigenvalue weighted by molar-refractivity contribution is -0.137. The van der Waals surface area contributed by atoms with Crippen molar-refractivity contribution in [3.05, 3.63) is 47.1 Å². The standard InChI is InChI=1S/C21H26F3N5O3/c1-13(25)19-26-18(27-32-19)16-10-15(14-2-4-17(5-3-14)21(22,23)24)11-29(12-16)20(30)28-6-8-31-9-7-28/h2-5,13,15-16H,6-12,25H2,1H3. The first-order valence-corrected chi connectivity index (χ1v) is 10.6. The summed E-state index contributed by atoms with van der Waals surface area (Å²) in [5, 5.41) is 4.06. The molecule has 2 aromatic rings. The third-order valence-corrected chi connectivity index (χ3v) is 5.92. The Labute approximate surface area is 183 Å². The van der Waals surface area contributed by atoms with Gasteiger partial charge in [0, 0.05) is 38.0 Å². The molecule has 3 heterocycles. The third kappa shape index (κ3) is 4.88. The van der Waals surface area contributed by atoms with Crippen molar-refractivity contribution in [1.82, 2.24) is 19.9 Å². The van der Waals surface area contributed by atoms with E-state index >= 15 is 0 Å². The second kappa shape index (κ2) is 9.07. The zero-order chi connectivity index (χ0) is 22.9. The Morgan fingerprint density at radius 2 is 1.78 bits per heavy atom. The molecule has 0 saturated carbocycles. The van der Waals surface area contributed by atoms with Gasteiger partial charge in [0.1, 0.15) is 0 Å². The van der Waals surface area contributed by atoms with Crippen molar-refractivity contribution in [3.63, 3.8) is 0 Å². The van der Waals surface area contributed by atoms with Gasteiger partial charge >= 0.3 is 12.2 Å². The van der Waals surface area contributed by atoms with Gasteiger partial charge in [-0.3, -0.25) is 0 Å². The lowest BCUT2D eigenvalue weighted by atomic mass is 9.84. The summed E-state index contributed by atoms with van der Waals surface area (Å²) in [6.07, 6.45) is -3.82. The minimum Gasteiger partial charge on any atom is -0.378 e. The van der Waals surface area contributed by atoms with Gasteiger partial charge in [-0.15, -0.1) is 0 Å². The van der Waals surface area contributed by atoms with Crippen LogP contribution >= 0.6 is 0 Å². The topological polar surface area (TPSA) is 97.7 Å². The second-order valence-electron chi connectivity index (χ2n) is 8.32. The van der Waals surface area contributed by atoms with E-state index in [0.29, 0.717) is 57.5 Å². The number of hydrogen-bond acceptors (Lipinski definition) is 6. The van der Waals surface area contributed by atoms with Crippen molar-refractivity contribution >= 4 is 6.03 Å². The quantitative estimate of drug-likeness (QED) is 0.767. The first-order chi connectivity index (χ1) is 15.2. The largest absolute Gasteiger partial charge is 0.416 e. The monoisotopic (exact) mass is 453 g/mol. The average molecular weight is 453 g/mol. The zero-order valence-electron chi connectivity index (χ0n) is 17.7. The van der Waals surface area contributed by atoms with Crippen LogP contribution in [0.4, 0.5) is 18.0 Å². The van der Waals surface area contributed by atoms with Crippen molar-refractivity contribution in [3.8, 4) is 0 Å². The van der Waals surface area contributed by atoms with Crippen molar-refractivity contribution in [1.29, 1.82) is 0 Å². The average Bonchev–Trinajstić information content (AvgIpc) is 3.29. The van der Waals surface area contributed by atoms with Crippen LogP contribution in [0.15, 0.2) is 28.8 Å². The number of urea groups is 1. The molecule has 1 aromatic heterocycles. The Bertz CT molecular complexity index is 926. The molecule has 2 amide bonds. The van der Waals surface area contributed by atoms with Gasteiger partial charge < -0.3 is 24.8 Å². The summed E-state index contributed by atoms with van der Waals surface area (Å²) in [6, 6.07) is 4.58. The number of morpholine rings is 1. The highest BCUT2D eigenvalue weighted by Gasteiger charge is 2.37. The highest BCUT2D eigenvalue weighted by molar-refractivity contribution is 5.75. The fourth-order valence-corrected chi connectivity index (χ4v) is 4.18. The molecule has 2 aliphatic rings. The van der Waals surface area contributed by atoms with Crippen LogP contribution in [0.1, 0.15) is 54.1 Å². The molecule has 11 heteroatoms. The van der Waals surface area contributed by atoms with E-state index in [1.807, 2.05) is 0 Å². The molecule has 0 radical (unpaired) electrons. The van der Waals surface area contributed by atoms with Crippen molar-refractivity contribution in [2.75, 3.05) is 39.4 Å². The Morgan fingerprint density at radius 1 is 1.12 bits per heavy atom. The van der Waals surface area contributed by atoms with Crippen LogP contribution in [0, 0.1) is 0 Å². The Balaban J connectivity index is 1.59. The summed E-state index contributed by atoms with van der Waals surface area (Å²) in [4.78, 5) is 21.0. The molecule has 2 aliphatic heterocycles. The molecule has 174 valence electrons. The number of amides is 2. The van der Waals surface area contributed by atoms with Crippen molar-refractivity contribution in [2.45, 2.75) is 37.4 Å².